The Morgan fingerprint density at radius 1 is 0.977 bits per heavy atom. The summed E-state index contributed by atoms with van der Waals surface area (Å²) in [6.07, 6.45) is 14.5. The molecule has 0 aliphatic heterocycles. The molecule has 0 aromatic heterocycles. The maximum absolute atomic E-state index is 10.1. The molecule has 0 radical (unpaired) electrons. The van der Waals surface area contributed by atoms with E-state index < -0.39 is 0 Å². The number of rotatable bonds is 11. The summed E-state index contributed by atoms with van der Waals surface area (Å²) in [6.45, 7) is 11.9. The van der Waals surface area contributed by atoms with Gasteiger partial charge in [0.05, 0.1) is 18.2 Å². The standard InChI is InChI=1S/C39H42N4O/c1-6-43(21-22-44)36-19-17-31(18-20-36)15-16-33-23-32(24-39(4,5)25-33)11-10-14-37(29(2)34-12-8-7-9-13-34)38(28-42)30(3)35(26-40)27-41/h7-20,23,29,44H,6,21-22,24-25H2,1-5H3/b14-10+,16-15+,32-11-,38-37-. The summed E-state index contributed by atoms with van der Waals surface area (Å²) in [5.74, 6) is -0.120. The third-order valence-electron chi connectivity index (χ3n) is 7.96. The number of allylic oxidation sites excluding steroid dienone is 11. The number of likely N-dealkylation sites (N-methyl/N-ethyl adjacent to an activating group) is 1. The van der Waals surface area contributed by atoms with Gasteiger partial charge in [-0.3, -0.25) is 0 Å². The van der Waals surface area contributed by atoms with Crippen molar-refractivity contribution in [3.63, 3.8) is 0 Å². The molecule has 5 nitrogen and oxygen atoms in total. The first kappa shape index (κ1) is 33.6. The number of nitriles is 3. The second-order valence-electron chi connectivity index (χ2n) is 11.9. The van der Waals surface area contributed by atoms with E-state index in [1.54, 1.807) is 6.92 Å². The first-order valence-corrected chi connectivity index (χ1v) is 15.1. The largest absolute Gasteiger partial charge is 0.395 e. The Labute approximate surface area is 263 Å². The van der Waals surface area contributed by atoms with E-state index in [-0.39, 0.29) is 23.5 Å². The van der Waals surface area contributed by atoms with Crippen molar-refractivity contribution in [1.29, 1.82) is 15.8 Å². The Morgan fingerprint density at radius 3 is 2.25 bits per heavy atom. The number of hydrogen-bond acceptors (Lipinski definition) is 5. The number of nitrogens with zero attached hydrogens (tertiary/aromatic N) is 4. The molecule has 0 fully saturated rings. The first-order chi connectivity index (χ1) is 21.2. The molecule has 1 aliphatic rings. The Kier molecular flexibility index (Phi) is 12.3. The maximum atomic E-state index is 10.1. The number of aliphatic hydroxyl groups is 1. The Morgan fingerprint density at radius 2 is 1.66 bits per heavy atom. The van der Waals surface area contributed by atoms with Gasteiger partial charge in [-0.1, -0.05) is 99.7 Å². The smallest absolute Gasteiger partial charge is 0.133 e. The van der Waals surface area contributed by atoms with Crippen molar-refractivity contribution in [3.05, 3.63) is 130 Å². The average Bonchev–Trinajstić information content (AvgIpc) is 3.02. The fourth-order valence-electron chi connectivity index (χ4n) is 5.64. The van der Waals surface area contributed by atoms with Gasteiger partial charge in [-0.05, 0) is 77.7 Å². The highest BCUT2D eigenvalue weighted by atomic mass is 16.3. The van der Waals surface area contributed by atoms with E-state index in [4.69, 9.17) is 0 Å². The lowest BCUT2D eigenvalue weighted by atomic mass is 9.75. The molecule has 2 aromatic carbocycles. The van der Waals surface area contributed by atoms with Gasteiger partial charge in [0.2, 0.25) is 0 Å². The van der Waals surface area contributed by atoms with E-state index in [9.17, 15) is 20.9 Å². The zero-order valence-electron chi connectivity index (χ0n) is 26.5. The van der Waals surface area contributed by atoms with Crippen molar-refractivity contribution in [3.8, 4) is 18.2 Å². The molecule has 2 aromatic rings. The second-order valence-corrected chi connectivity index (χ2v) is 11.9. The summed E-state index contributed by atoms with van der Waals surface area (Å²) in [5.41, 5.74) is 7.25. The molecule has 224 valence electrons. The molecular weight excluding hydrogens is 540 g/mol. The van der Waals surface area contributed by atoms with E-state index >= 15 is 0 Å². The molecule has 0 heterocycles. The highest BCUT2D eigenvalue weighted by Gasteiger charge is 2.24. The first-order valence-electron chi connectivity index (χ1n) is 15.1. The van der Waals surface area contributed by atoms with Crippen LogP contribution >= 0.6 is 0 Å². The van der Waals surface area contributed by atoms with Gasteiger partial charge in [-0.25, -0.2) is 0 Å². The van der Waals surface area contributed by atoms with E-state index in [1.165, 1.54) is 11.1 Å². The second kappa shape index (κ2) is 16.1. The topological polar surface area (TPSA) is 94.8 Å². The van der Waals surface area contributed by atoms with Gasteiger partial charge in [0.15, 0.2) is 0 Å². The lowest BCUT2D eigenvalue weighted by molar-refractivity contribution is 0.302. The summed E-state index contributed by atoms with van der Waals surface area (Å²) in [7, 11) is 0. The van der Waals surface area contributed by atoms with Gasteiger partial charge in [-0.2, -0.15) is 15.8 Å². The lowest BCUT2D eigenvalue weighted by Crippen LogP contribution is -2.25. The molecule has 3 rings (SSSR count). The van der Waals surface area contributed by atoms with Crippen LogP contribution in [0.3, 0.4) is 0 Å². The van der Waals surface area contributed by atoms with Crippen molar-refractivity contribution in [1.82, 2.24) is 0 Å². The molecule has 0 saturated carbocycles. The monoisotopic (exact) mass is 582 g/mol. The molecular formula is C39H42N4O. The molecule has 0 saturated heterocycles. The number of anilines is 1. The van der Waals surface area contributed by atoms with Crippen LogP contribution in [0.25, 0.3) is 6.08 Å². The van der Waals surface area contributed by atoms with Crippen LogP contribution in [0.5, 0.6) is 0 Å². The number of hydrogen-bond donors (Lipinski definition) is 1. The maximum Gasteiger partial charge on any atom is 0.133 e. The van der Waals surface area contributed by atoms with Crippen LogP contribution in [0.1, 0.15) is 64.5 Å². The predicted molar refractivity (Wildman–Crippen MR) is 180 cm³/mol. The van der Waals surface area contributed by atoms with Crippen LogP contribution < -0.4 is 4.90 Å². The molecule has 1 aliphatic carbocycles. The molecule has 1 atom stereocenters. The minimum Gasteiger partial charge on any atom is -0.395 e. The Hall–Kier alpha value is -4.89. The van der Waals surface area contributed by atoms with Gasteiger partial charge in [0.25, 0.3) is 0 Å². The molecule has 0 spiro atoms. The highest BCUT2D eigenvalue weighted by molar-refractivity contribution is 5.60. The van der Waals surface area contributed by atoms with Crippen LogP contribution in [0.4, 0.5) is 5.69 Å². The minimum atomic E-state index is -0.120. The van der Waals surface area contributed by atoms with E-state index in [1.807, 2.05) is 61.5 Å². The van der Waals surface area contributed by atoms with Crippen LogP contribution in [0.15, 0.2) is 118 Å². The molecule has 5 heteroatoms. The van der Waals surface area contributed by atoms with Crippen LogP contribution in [-0.2, 0) is 0 Å². The summed E-state index contributed by atoms with van der Waals surface area (Å²) in [6, 6.07) is 24.5. The van der Waals surface area contributed by atoms with Gasteiger partial charge >= 0.3 is 0 Å². The van der Waals surface area contributed by atoms with Gasteiger partial charge in [-0.15, -0.1) is 0 Å². The highest BCUT2D eigenvalue weighted by Crippen LogP contribution is 2.39. The summed E-state index contributed by atoms with van der Waals surface area (Å²) >= 11 is 0. The lowest BCUT2D eigenvalue weighted by Gasteiger charge is -2.30. The van der Waals surface area contributed by atoms with Crippen molar-refractivity contribution in [2.45, 2.75) is 53.4 Å². The zero-order valence-corrected chi connectivity index (χ0v) is 26.5. The average molecular weight is 583 g/mol. The van der Waals surface area contributed by atoms with Gasteiger partial charge in [0.1, 0.15) is 17.7 Å². The third kappa shape index (κ3) is 9.05. The van der Waals surface area contributed by atoms with Crippen LogP contribution in [0.2, 0.25) is 0 Å². The Bertz CT molecular complexity index is 1600. The zero-order chi connectivity index (χ0) is 32.1. The van der Waals surface area contributed by atoms with Crippen molar-refractivity contribution < 1.29 is 5.11 Å². The SMILES string of the molecule is CCN(CCO)c1ccc(/C=C/C2=CC(=C/C=C/C(=C(\C#N)C(C)=C(C#N)C#N)C(C)c3ccccc3)/CC(C)(C)C2)cc1. The summed E-state index contributed by atoms with van der Waals surface area (Å²) < 4.78 is 0. The molecule has 0 amide bonds. The quantitative estimate of drug-likeness (QED) is 0.211. The van der Waals surface area contributed by atoms with E-state index in [2.05, 4.69) is 80.3 Å². The van der Waals surface area contributed by atoms with Crippen molar-refractivity contribution in [2.75, 3.05) is 24.6 Å². The molecule has 44 heavy (non-hydrogen) atoms. The van der Waals surface area contributed by atoms with Crippen molar-refractivity contribution in [2.24, 2.45) is 5.41 Å². The Balaban J connectivity index is 1.96. The minimum absolute atomic E-state index is 0.0538. The van der Waals surface area contributed by atoms with Crippen LogP contribution in [0, 0.1) is 39.4 Å². The fourth-order valence-corrected chi connectivity index (χ4v) is 5.64. The predicted octanol–water partition coefficient (Wildman–Crippen LogP) is 8.73. The summed E-state index contributed by atoms with van der Waals surface area (Å²) in [4.78, 5) is 2.15. The summed E-state index contributed by atoms with van der Waals surface area (Å²) in [5, 5.41) is 38.4. The van der Waals surface area contributed by atoms with Crippen molar-refractivity contribution >= 4 is 11.8 Å². The number of aliphatic hydroxyl groups excluding tert-OH is 1. The van der Waals surface area contributed by atoms with E-state index in [0.29, 0.717) is 17.7 Å². The normalized spacial score (nSPS) is 16.4. The third-order valence-corrected chi connectivity index (χ3v) is 7.96. The van der Waals surface area contributed by atoms with Crippen LogP contribution in [-0.4, -0.2) is 24.8 Å². The molecule has 1 unspecified atom stereocenters. The van der Waals surface area contributed by atoms with E-state index in [0.717, 1.165) is 41.8 Å². The van der Waals surface area contributed by atoms with Gasteiger partial charge < -0.3 is 10.0 Å². The van der Waals surface area contributed by atoms with Gasteiger partial charge in [0, 0.05) is 24.7 Å². The fraction of sp³-hybridized carbons (Fsp3) is 0.308. The molecule has 0 bridgehead atoms. The number of benzene rings is 2. The molecule has 1 N–H and O–H groups in total.